The SMILES string of the molecule is CCN(CC1C(c2ccncc2)=NNC1C)C(=O)N[C@@H]1CCCN(Cc2ccsc2)C1. The molecule has 1 fully saturated rings. The van der Waals surface area contributed by atoms with Gasteiger partial charge in [-0.3, -0.25) is 9.88 Å². The highest BCUT2D eigenvalue weighted by Crippen LogP contribution is 2.21. The summed E-state index contributed by atoms with van der Waals surface area (Å²) in [7, 11) is 0. The van der Waals surface area contributed by atoms with E-state index in [-0.39, 0.29) is 24.0 Å². The number of piperidine rings is 1. The molecule has 8 heteroatoms. The van der Waals surface area contributed by atoms with Crippen LogP contribution in [0.1, 0.15) is 37.8 Å². The number of hydrogen-bond donors (Lipinski definition) is 2. The van der Waals surface area contributed by atoms with Gasteiger partial charge in [0.15, 0.2) is 0 Å². The lowest BCUT2D eigenvalue weighted by atomic mass is 9.92. The maximum absolute atomic E-state index is 13.1. The van der Waals surface area contributed by atoms with Crippen LogP contribution >= 0.6 is 11.3 Å². The standard InChI is InChI=1S/C23H32N6OS/c1-3-29(15-21-17(2)26-27-22(21)19-6-9-24-10-7-19)23(30)25-20-5-4-11-28(14-20)13-18-8-12-31-16-18/h6-10,12,16-17,20-21,26H,3-5,11,13-15H2,1-2H3,(H,25,30)/t17?,20-,21?/m1/s1. The Morgan fingerprint density at radius 3 is 2.94 bits per heavy atom. The van der Waals surface area contributed by atoms with Gasteiger partial charge in [-0.2, -0.15) is 16.4 Å². The van der Waals surface area contributed by atoms with E-state index >= 15 is 0 Å². The van der Waals surface area contributed by atoms with Gasteiger partial charge in [0.05, 0.1) is 11.8 Å². The highest BCUT2D eigenvalue weighted by Gasteiger charge is 2.33. The molecule has 4 heterocycles. The lowest BCUT2D eigenvalue weighted by Crippen LogP contribution is -2.53. The van der Waals surface area contributed by atoms with Crippen LogP contribution in [0.3, 0.4) is 0 Å². The molecule has 0 bridgehead atoms. The number of urea groups is 1. The van der Waals surface area contributed by atoms with Gasteiger partial charge in [-0.15, -0.1) is 0 Å². The van der Waals surface area contributed by atoms with E-state index in [1.165, 1.54) is 5.56 Å². The molecule has 31 heavy (non-hydrogen) atoms. The summed E-state index contributed by atoms with van der Waals surface area (Å²) in [5.41, 5.74) is 6.62. The van der Waals surface area contributed by atoms with Crippen LogP contribution in [0.4, 0.5) is 4.79 Å². The van der Waals surface area contributed by atoms with Crippen molar-refractivity contribution in [1.29, 1.82) is 0 Å². The Kier molecular flexibility index (Phi) is 7.19. The summed E-state index contributed by atoms with van der Waals surface area (Å²) < 4.78 is 0. The summed E-state index contributed by atoms with van der Waals surface area (Å²) in [5, 5.41) is 12.2. The normalized spacial score (nSPS) is 23.8. The Morgan fingerprint density at radius 1 is 1.35 bits per heavy atom. The third-order valence-corrected chi connectivity index (χ3v) is 6.96. The third-order valence-electron chi connectivity index (χ3n) is 6.22. The van der Waals surface area contributed by atoms with Gasteiger partial charge in [0, 0.05) is 56.1 Å². The molecule has 2 unspecified atom stereocenters. The number of likely N-dealkylation sites (tertiary alicyclic amines) is 1. The Hall–Kier alpha value is -2.45. The molecule has 2 amide bonds. The van der Waals surface area contributed by atoms with Gasteiger partial charge >= 0.3 is 6.03 Å². The molecular weight excluding hydrogens is 408 g/mol. The molecule has 2 aliphatic heterocycles. The molecule has 166 valence electrons. The largest absolute Gasteiger partial charge is 0.334 e. The van der Waals surface area contributed by atoms with Crippen LogP contribution in [0.15, 0.2) is 46.5 Å². The van der Waals surface area contributed by atoms with Gasteiger partial charge in [-0.05, 0) is 67.8 Å². The van der Waals surface area contributed by atoms with Gasteiger partial charge in [0.2, 0.25) is 0 Å². The number of nitrogens with one attached hydrogen (secondary N) is 2. The molecule has 0 aromatic carbocycles. The zero-order valence-electron chi connectivity index (χ0n) is 18.3. The van der Waals surface area contributed by atoms with E-state index < -0.39 is 0 Å². The van der Waals surface area contributed by atoms with Gasteiger partial charge in [-0.1, -0.05) is 0 Å². The molecule has 2 aliphatic rings. The first kappa shape index (κ1) is 21.8. The molecule has 2 N–H and O–H groups in total. The fourth-order valence-electron chi connectivity index (χ4n) is 4.44. The number of carbonyl (C=O) groups excluding carboxylic acids is 1. The molecule has 0 radical (unpaired) electrons. The van der Waals surface area contributed by atoms with Crippen molar-refractivity contribution in [1.82, 2.24) is 25.5 Å². The number of thiophene rings is 1. The van der Waals surface area contributed by atoms with Crippen LogP contribution < -0.4 is 10.7 Å². The number of amides is 2. The summed E-state index contributed by atoms with van der Waals surface area (Å²) in [4.78, 5) is 21.6. The molecule has 0 aliphatic carbocycles. The van der Waals surface area contributed by atoms with Crippen molar-refractivity contribution in [3.05, 3.63) is 52.5 Å². The van der Waals surface area contributed by atoms with Gasteiger partial charge < -0.3 is 15.6 Å². The molecule has 2 aromatic rings. The number of carbonyl (C=O) groups is 1. The molecular formula is C23H32N6OS. The molecule has 0 saturated carbocycles. The van der Waals surface area contributed by atoms with Crippen molar-refractivity contribution < 1.29 is 4.79 Å². The Balaban J connectivity index is 1.35. The van der Waals surface area contributed by atoms with Gasteiger partial charge in [-0.25, -0.2) is 4.79 Å². The number of hydrogen-bond acceptors (Lipinski definition) is 6. The highest BCUT2D eigenvalue weighted by atomic mass is 32.1. The summed E-state index contributed by atoms with van der Waals surface area (Å²) in [6.45, 7) is 8.44. The third kappa shape index (κ3) is 5.43. The average Bonchev–Trinajstić information content (AvgIpc) is 3.42. The minimum Gasteiger partial charge on any atom is -0.334 e. The molecule has 4 rings (SSSR count). The zero-order valence-corrected chi connectivity index (χ0v) is 19.1. The zero-order chi connectivity index (χ0) is 21.6. The summed E-state index contributed by atoms with van der Waals surface area (Å²) in [6, 6.07) is 6.54. The topological polar surface area (TPSA) is 72.9 Å². The maximum atomic E-state index is 13.1. The van der Waals surface area contributed by atoms with E-state index in [1.807, 2.05) is 24.0 Å². The Morgan fingerprint density at radius 2 is 2.19 bits per heavy atom. The number of rotatable bonds is 7. The highest BCUT2D eigenvalue weighted by molar-refractivity contribution is 7.07. The number of nitrogens with zero attached hydrogens (tertiary/aromatic N) is 4. The quantitative estimate of drug-likeness (QED) is 0.694. The van der Waals surface area contributed by atoms with Crippen molar-refractivity contribution >= 4 is 23.1 Å². The summed E-state index contributed by atoms with van der Waals surface area (Å²) in [6.07, 6.45) is 5.72. The smallest absolute Gasteiger partial charge is 0.317 e. The average molecular weight is 441 g/mol. The van der Waals surface area contributed by atoms with Crippen LogP contribution in [0.5, 0.6) is 0 Å². The predicted molar refractivity (Wildman–Crippen MR) is 125 cm³/mol. The van der Waals surface area contributed by atoms with E-state index in [4.69, 9.17) is 0 Å². The summed E-state index contributed by atoms with van der Waals surface area (Å²) in [5.74, 6) is 0.148. The monoisotopic (exact) mass is 440 g/mol. The fraction of sp³-hybridized carbons (Fsp3) is 0.522. The number of aromatic nitrogens is 1. The number of hydrazone groups is 1. The maximum Gasteiger partial charge on any atom is 0.317 e. The fourth-order valence-corrected chi connectivity index (χ4v) is 5.10. The van der Waals surface area contributed by atoms with Crippen molar-refractivity contribution in [3.63, 3.8) is 0 Å². The molecule has 7 nitrogen and oxygen atoms in total. The molecule has 0 spiro atoms. The second-order valence-corrected chi connectivity index (χ2v) is 9.23. The van der Waals surface area contributed by atoms with Crippen molar-refractivity contribution in [3.8, 4) is 0 Å². The Bertz CT molecular complexity index is 871. The molecule has 2 aromatic heterocycles. The van der Waals surface area contributed by atoms with E-state index in [9.17, 15) is 4.79 Å². The van der Waals surface area contributed by atoms with Crippen molar-refractivity contribution in [2.45, 2.75) is 45.3 Å². The van der Waals surface area contributed by atoms with E-state index in [0.717, 1.165) is 43.8 Å². The van der Waals surface area contributed by atoms with Crippen LogP contribution in [0.25, 0.3) is 0 Å². The first-order valence-electron chi connectivity index (χ1n) is 11.2. The number of pyridine rings is 1. The minimum absolute atomic E-state index is 0.0260. The van der Waals surface area contributed by atoms with Crippen LogP contribution in [-0.4, -0.2) is 64.8 Å². The van der Waals surface area contributed by atoms with E-state index in [0.29, 0.717) is 13.1 Å². The molecule has 3 atom stereocenters. The summed E-state index contributed by atoms with van der Waals surface area (Å²) >= 11 is 1.74. The first-order valence-corrected chi connectivity index (χ1v) is 12.1. The predicted octanol–water partition coefficient (Wildman–Crippen LogP) is 3.15. The van der Waals surface area contributed by atoms with Crippen molar-refractivity contribution in [2.24, 2.45) is 11.0 Å². The van der Waals surface area contributed by atoms with Crippen LogP contribution in [-0.2, 0) is 6.54 Å². The van der Waals surface area contributed by atoms with Gasteiger partial charge in [0.1, 0.15) is 0 Å². The van der Waals surface area contributed by atoms with Gasteiger partial charge in [0.25, 0.3) is 0 Å². The first-order chi connectivity index (χ1) is 15.1. The second kappa shape index (κ2) is 10.2. The second-order valence-electron chi connectivity index (χ2n) is 8.45. The van der Waals surface area contributed by atoms with Crippen LogP contribution in [0.2, 0.25) is 0 Å². The van der Waals surface area contributed by atoms with Crippen molar-refractivity contribution in [2.75, 3.05) is 26.2 Å². The lowest BCUT2D eigenvalue weighted by molar-refractivity contribution is 0.162. The van der Waals surface area contributed by atoms with Crippen LogP contribution in [0, 0.1) is 5.92 Å². The molecule has 1 saturated heterocycles. The van der Waals surface area contributed by atoms with E-state index in [2.05, 4.69) is 49.5 Å². The minimum atomic E-state index is 0.0260. The van der Waals surface area contributed by atoms with E-state index in [1.54, 1.807) is 23.7 Å². The lowest BCUT2D eigenvalue weighted by Gasteiger charge is -2.35. The Labute approximate surface area is 188 Å².